The summed E-state index contributed by atoms with van der Waals surface area (Å²) < 4.78 is 11.2. The maximum absolute atomic E-state index is 5.99. The van der Waals surface area contributed by atoms with E-state index in [-0.39, 0.29) is 0 Å². The van der Waals surface area contributed by atoms with Gasteiger partial charge in [-0.15, -0.1) is 0 Å². The van der Waals surface area contributed by atoms with Crippen LogP contribution in [0.3, 0.4) is 0 Å². The summed E-state index contributed by atoms with van der Waals surface area (Å²) in [4.78, 5) is 2.34. The summed E-state index contributed by atoms with van der Waals surface area (Å²) in [6.07, 6.45) is 2.64. The molecule has 1 aliphatic rings. The number of nitrogens with zero attached hydrogens (tertiary/aromatic N) is 1. The van der Waals surface area contributed by atoms with Crippen molar-refractivity contribution in [1.29, 1.82) is 0 Å². The first-order valence-electron chi connectivity index (χ1n) is 6.56. The maximum Gasteiger partial charge on any atom is 0.146 e. The van der Waals surface area contributed by atoms with E-state index in [1.807, 2.05) is 25.1 Å². The third kappa shape index (κ3) is 3.29. The number of benzene rings is 1. The van der Waals surface area contributed by atoms with Crippen molar-refractivity contribution in [3.05, 3.63) is 18.2 Å². The van der Waals surface area contributed by atoms with Crippen LogP contribution in [0.25, 0.3) is 0 Å². The molecule has 4 nitrogen and oxygen atoms in total. The summed E-state index contributed by atoms with van der Waals surface area (Å²) >= 11 is 0. The number of hydrogen-bond donors (Lipinski definition) is 1. The minimum absolute atomic E-state index is 0.591. The van der Waals surface area contributed by atoms with E-state index in [1.54, 1.807) is 0 Å². The van der Waals surface area contributed by atoms with Crippen LogP contribution in [0.1, 0.15) is 19.8 Å². The van der Waals surface area contributed by atoms with Gasteiger partial charge in [0, 0.05) is 12.6 Å². The van der Waals surface area contributed by atoms with Crippen LogP contribution in [0.5, 0.6) is 11.5 Å². The van der Waals surface area contributed by atoms with Gasteiger partial charge < -0.3 is 20.1 Å². The molecule has 18 heavy (non-hydrogen) atoms. The second kappa shape index (κ2) is 5.96. The molecule has 1 aliphatic carbocycles. The van der Waals surface area contributed by atoms with Gasteiger partial charge >= 0.3 is 0 Å². The fourth-order valence-corrected chi connectivity index (χ4v) is 1.93. The van der Waals surface area contributed by atoms with Crippen molar-refractivity contribution in [2.75, 3.05) is 32.5 Å². The normalized spacial score (nSPS) is 14.8. The minimum Gasteiger partial charge on any atom is -0.492 e. The first-order chi connectivity index (χ1) is 8.72. The average Bonchev–Trinajstić information content (AvgIpc) is 3.18. The first kappa shape index (κ1) is 13.0. The van der Waals surface area contributed by atoms with Crippen LogP contribution in [-0.4, -0.2) is 37.7 Å². The minimum atomic E-state index is 0.591. The van der Waals surface area contributed by atoms with Gasteiger partial charge in [-0.2, -0.15) is 0 Å². The van der Waals surface area contributed by atoms with Crippen LogP contribution in [-0.2, 0) is 0 Å². The van der Waals surface area contributed by atoms with Gasteiger partial charge in [0.25, 0.3) is 0 Å². The zero-order valence-electron chi connectivity index (χ0n) is 11.2. The molecule has 1 aromatic rings. The molecule has 0 aliphatic heterocycles. The summed E-state index contributed by atoms with van der Waals surface area (Å²) in [7, 11) is 2.14. The van der Waals surface area contributed by atoms with Crippen molar-refractivity contribution in [3.63, 3.8) is 0 Å². The van der Waals surface area contributed by atoms with Crippen LogP contribution in [0.4, 0.5) is 5.69 Å². The second-order valence-electron chi connectivity index (χ2n) is 4.66. The summed E-state index contributed by atoms with van der Waals surface area (Å²) in [5, 5.41) is 0. The average molecular weight is 250 g/mol. The second-order valence-corrected chi connectivity index (χ2v) is 4.66. The fraction of sp³-hybridized carbons (Fsp3) is 0.571. The topological polar surface area (TPSA) is 47.7 Å². The van der Waals surface area contributed by atoms with Gasteiger partial charge in [0.2, 0.25) is 0 Å². The SMILES string of the molecule is CCOc1cccc(OCCN(C)C2CC2)c1N. The number of ether oxygens (including phenoxy) is 2. The van der Waals surface area contributed by atoms with Gasteiger partial charge in [-0.25, -0.2) is 0 Å². The van der Waals surface area contributed by atoms with Gasteiger partial charge in [0.05, 0.1) is 6.61 Å². The quantitative estimate of drug-likeness (QED) is 0.753. The zero-order valence-corrected chi connectivity index (χ0v) is 11.2. The van der Waals surface area contributed by atoms with Crippen LogP contribution in [0.15, 0.2) is 18.2 Å². The Balaban J connectivity index is 1.86. The first-order valence-corrected chi connectivity index (χ1v) is 6.56. The Morgan fingerprint density at radius 3 is 2.56 bits per heavy atom. The molecule has 1 saturated carbocycles. The summed E-state index contributed by atoms with van der Waals surface area (Å²) in [6.45, 7) is 4.14. The lowest BCUT2D eigenvalue weighted by molar-refractivity contribution is 0.232. The smallest absolute Gasteiger partial charge is 0.146 e. The van der Waals surface area contributed by atoms with E-state index in [9.17, 15) is 0 Å². The third-order valence-electron chi connectivity index (χ3n) is 3.20. The standard InChI is InChI=1S/C14H22N2O2/c1-3-17-12-5-4-6-13(14(12)15)18-10-9-16(2)11-7-8-11/h4-6,11H,3,7-10,15H2,1-2H3. The Morgan fingerprint density at radius 1 is 1.28 bits per heavy atom. The molecule has 0 bridgehead atoms. The van der Waals surface area contributed by atoms with E-state index >= 15 is 0 Å². The van der Waals surface area contributed by atoms with E-state index < -0.39 is 0 Å². The molecule has 4 heteroatoms. The van der Waals surface area contributed by atoms with Gasteiger partial charge in [-0.05, 0) is 38.9 Å². The Bertz CT molecular complexity index is 391. The highest BCUT2D eigenvalue weighted by atomic mass is 16.5. The number of rotatable bonds is 7. The van der Waals surface area contributed by atoms with Crippen molar-refractivity contribution < 1.29 is 9.47 Å². The molecule has 1 fully saturated rings. The largest absolute Gasteiger partial charge is 0.492 e. The van der Waals surface area contributed by atoms with Crippen molar-refractivity contribution in [1.82, 2.24) is 4.90 Å². The Kier molecular flexibility index (Phi) is 4.31. The van der Waals surface area contributed by atoms with Crippen LogP contribution >= 0.6 is 0 Å². The number of likely N-dealkylation sites (N-methyl/N-ethyl adjacent to an activating group) is 1. The van der Waals surface area contributed by atoms with Gasteiger partial charge in [0.1, 0.15) is 23.8 Å². The molecule has 100 valence electrons. The van der Waals surface area contributed by atoms with Crippen LogP contribution < -0.4 is 15.2 Å². The molecule has 0 radical (unpaired) electrons. The summed E-state index contributed by atoms with van der Waals surface area (Å²) in [5.41, 5.74) is 6.59. The molecular weight excluding hydrogens is 228 g/mol. The Hall–Kier alpha value is -1.42. The van der Waals surface area contributed by atoms with E-state index in [0.29, 0.717) is 30.4 Å². The molecule has 2 rings (SSSR count). The number of nitrogen functional groups attached to an aromatic ring is 1. The molecule has 0 saturated heterocycles. The van der Waals surface area contributed by atoms with Gasteiger partial charge in [-0.1, -0.05) is 6.07 Å². The van der Waals surface area contributed by atoms with Gasteiger partial charge in [0.15, 0.2) is 0 Å². The number of hydrogen-bond acceptors (Lipinski definition) is 4. The summed E-state index contributed by atoms with van der Waals surface area (Å²) in [6, 6.07) is 6.42. The van der Waals surface area contributed by atoms with Gasteiger partial charge in [-0.3, -0.25) is 0 Å². The number of nitrogens with two attached hydrogens (primary N) is 1. The molecule has 2 N–H and O–H groups in total. The highest BCUT2D eigenvalue weighted by Gasteiger charge is 2.25. The van der Waals surface area contributed by atoms with E-state index in [1.165, 1.54) is 12.8 Å². The summed E-state index contributed by atoms with van der Waals surface area (Å²) in [5.74, 6) is 1.41. The van der Waals surface area contributed by atoms with Crippen LogP contribution in [0.2, 0.25) is 0 Å². The van der Waals surface area contributed by atoms with Crippen molar-refractivity contribution in [2.24, 2.45) is 0 Å². The Morgan fingerprint density at radius 2 is 1.94 bits per heavy atom. The maximum atomic E-state index is 5.99. The highest BCUT2D eigenvalue weighted by Crippen LogP contribution is 2.31. The lowest BCUT2D eigenvalue weighted by Crippen LogP contribution is -2.26. The molecule has 0 unspecified atom stereocenters. The molecule has 0 atom stereocenters. The monoisotopic (exact) mass is 250 g/mol. The van der Waals surface area contributed by atoms with Crippen molar-refractivity contribution in [3.8, 4) is 11.5 Å². The molecule has 0 amide bonds. The fourth-order valence-electron chi connectivity index (χ4n) is 1.93. The molecule has 1 aromatic carbocycles. The lowest BCUT2D eigenvalue weighted by Gasteiger charge is -2.17. The molecule has 0 heterocycles. The molecule has 0 spiro atoms. The van der Waals surface area contributed by atoms with E-state index in [4.69, 9.17) is 15.2 Å². The lowest BCUT2D eigenvalue weighted by atomic mass is 10.3. The number of para-hydroxylation sites is 1. The van der Waals surface area contributed by atoms with Crippen molar-refractivity contribution >= 4 is 5.69 Å². The highest BCUT2D eigenvalue weighted by molar-refractivity contribution is 5.62. The predicted molar refractivity (Wildman–Crippen MR) is 73.2 cm³/mol. The van der Waals surface area contributed by atoms with Crippen LogP contribution in [0, 0.1) is 0 Å². The van der Waals surface area contributed by atoms with Crippen molar-refractivity contribution in [2.45, 2.75) is 25.8 Å². The third-order valence-corrected chi connectivity index (χ3v) is 3.20. The zero-order chi connectivity index (χ0) is 13.0. The Labute approximate surface area is 109 Å². The van der Waals surface area contributed by atoms with E-state index in [2.05, 4.69) is 11.9 Å². The molecular formula is C14H22N2O2. The molecule has 0 aromatic heterocycles. The number of anilines is 1. The van der Waals surface area contributed by atoms with E-state index in [0.717, 1.165) is 12.6 Å². The predicted octanol–water partition coefficient (Wildman–Crippen LogP) is 2.14.